The van der Waals surface area contributed by atoms with Crippen molar-refractivity contribution in [2.45, 2.75) is 25.4 Å². The molecule has 0 radical (unpaired) electrons. The minimum Gasteiger partial charge on any atom is -0.328 e. The van der Waals surface area contributed by atoms with Crippen molar-refractivity contribution in [1.29, 1.82) is 0 Å². The summed E-state index contributed by atoms with van der Waals surface area (Å²) in [5.74, 6) is -0.229. The Morgan fingerprint density at radius 2 is 1.81 bits per heavy atom. The SMILES string of the molecule is Cl.NC1CCN(Cc2ccnn2-c2ccc(F)cc2)CC1. The van der Waals surface area contributed by atoms with Crippen LogP contribution in [0.1, 0.15) is 18.5 Å². The number of likely N-dealkylation sites (tertiary alicyclic amines) is 1. The van der Waals surface area contributed by atoms with Crippen molar-refractivity contribution in [2.24, 2.45) is 5.73 Å². The predicted octanol–water partition coefficient (Wildman–Crippen LogP) is 2.36. The Morgan fingerprint density at radius 3 is 2.48 bits per heavy atom. The largest absolute Gasteiger partial charge is 0.328 e. The van der Waals surface area contributed by atoms with Crippen molar-refractivity contribution in [2.75, 3.05) is 13.1 Å². The predicted molar refractivity (Wildman–Crippen MR) is 83.3 cm³/mol. The normalized spacial score (nSPS) is 16.7. The van der Waals surface area contributed by atoms with E-state index in [0.29, 0.717) is 6.04 Å². The van der Waals surface area contributed by atoms with Gasteiger partial charge in [-0.05, 0) is 43.2 Å². The Morgan fingerprint density at radius 1 is 1.14 bits per heavy atom. The molecule has 3 rings (SSSR count). The quantitative estimate of drug-likeness (QED) is 0.946. The van der Waals surface area contributed by atoms with Crippen molar-refractivity contribution >= 4 is 12.4 Å². The van der Waals surface area contributed by atoms with Crippen molar-refractivity contribution in [1.82, 2.24) is 14.7 Å². The highest BCUT2D eigenvalue weighted by molar-refractivity contribution is 5.85. The number of hydrogen-bond donors (Lipinski definition) is 1. The van der Waals surface area contributed by atoms with Crippen LogP contribution >= 0.6 is 12.4 Å². The lowest BCUT2D eigenvalue weighted by atomic mass is 10.1. The molecule has 21 heavy (non-hydrogen) atoms. The first-order chi connectivity index (χ1) is 9.72. The van der Waals surface area contributed by atoms with Gasteiger partial charge in [-0.3, -0.25) is 4.90 Å². The first-order valence-electron chi connectivity index (χ1n) is 6.99. The highest BCUT2D eigenvalue weighted by Crippen LogP contribution is 2.16. The summed E-state index contributed by atoms with van der Waals surface area (Å²) >= 11 is 0. The van der Waals surface area contributed by atoms with Crippen LogP contribution in [0.5, 0.6) is 0 Å². The van der Waals surface area contributed by atoms with E-state index in [9.17, 15) is 4.39 Å². The van der Waals surface area contributed by atoms with Gasteiger partial charge in [-0.1, -0.05) is 0 Å². The van der Waals surface area contributed by atoms with E-state index in [1.54, 1.807) is 18.3 Å². The van der Waals surface area contributed by atoms with E-state index in [-0.39, 0.29) is 18.2 Å². The average molecular weight is 311 g/mol. The molecule has 2 heterocycles. The summed E-state index contributed by atoms with van der Waals surface area (Å²) in [4.78, 5) is 2.39. The van der Waals surface area contributed by atoms with E-state index in [1.165, 1.54) is 12.1 Å². The van der Waals surface area contributed by atoms with Gasteiger partial charge in [0.15, 0.2) is 0 Å². The number of hydrogen-bond acceptors (Lipinski definition) is 3. The van der Waals surface area contributed by atoms with Crippen molar-refractivity contribution < 1.29 is 4.39 Å². The van der Waals surface area contributed by atoms with Crippen LogP contribution in [0.2, 0.25) is 0 Å². The molecule has 0 unspecified atom stereocenters. The van der Waals surface area contributed by atoms with Crippen LogP contribution in [0.3, 0.4) is 0 Å². The summed E-state index contributed by atoms with van der Waals surface area (Å²) in [6, 6.07) is 8.77. The minimum absolute atomic E-state index is 0. The third-order valence-electron chi connectivity index (χ3n) is 3.81. The monoisotopic (exact) mass is 310 g/mol. The van der Waals surface area contributed by atoms with E-state index in [2.05, 4.69) is 10.00 Å². The molecule has 0 atom stereocenters. The third kappa shape index (κ3) is 3.81. The van der Waals surface area contributed by atoms with Crippen LogP contribution in [0.15, 0.2) is 36.5 Å². The van der Waals surface area contributed by atoms with Gasteiger partial charge in [0.1, 0.15) is 5.82 Å². The van der Waals surface area contributed by atoms with Gasteiger partial charge >= 0.3 is 0 Å². The molecular weight excluding hydrogens is 291 g/mol. The zero-order valence-corrected chi connectivity index (χ0v) is 12.6. The molecule has 1 fully saturated rings. The van der Waals surface area contributed by atoms with E-state index >= 15 is 0 Å². The van der Waals surface area contributed by atoms with Crippen molar-refractivity contribution in [3.8, 4) is 5.69 Å². The Hall–Kier alpha value is -1.43. The molecule has 0 amide bonds. The minimum atomic E-state index is -0.229. The summed E-state index contributed by atoms with van der Waals surface area (Å²) in [5.41, 5.74) is 7.93. The molecule has 0 bridgehead atoms. The maximum atomic E-state index is 13.0. The molecule has 2 aromatic rings. The molecule has 1 aromatic carbocycles. The Labute approximate surface area is 130 Å². The molecule has 6 heteroatoms. The Bertz CT molecular complexity index is 561. The number of rotatable bonds is 3. The zero-order chi connectivity index (χ0) is 13.9. The molecule has 0 spiro atoms. The highest BCUT2D eigenvalue weighted by Gasteiger charge is 2.17. The number of halogens is 2. The van der Waals surface area contributed by atoms with Crippen molar-refractivity contribution in [3.05, 3.63) is 48.0 Å². The van der Waals surface area contributed by atoms with Gasteiger partial charge in [0.2, 0.25) is 0 Å². The van der Waals surface area contributed by atoms with Gasteiger partial charge in [0.05, 0.1) is 11.4 Å². The molecule has 114 valence electrons. The molecule has 0 saturated carbocycles. The second-order valence-corrected chi connectivity index (χ2v) is 5.32. The zero-order valence-electron chi connectivity index (χ0n) is 11.8. The van der Waals surface area contributed by atoms with E-state index in [1.807, 2.05) is 10.7 Å². The fraction of sp³-hybridized carbons (Fsp3) is 0.400. The fourth-order valence-electron chi connectivity index (χ4n) is 2.61. The summed E-state index contributed by atoms with van der Waals surface area (Å²) in [6.45, 7) is 2.90. The van der Waals surface area contributed by atoms with Gasteiger partial charge in [-0.15, -0.1) is 12.4 Å². The second-order valence-electron chi connectivity index (χ2n) is 5.32. The number of nitrogens with two attached hydrogens (primary N) is 1. The number of aromatic nitrogens is 2. The Balaban J connectivity index is 0.00000161. The molecule has 1 saturated heterocycles. The summed E-state index contributed by atoms with van der Waals surface area (Å²) in [7, 11) is 0. The van der Waals surface area contributed by atoms with Crippen LogP contribution in [0, 0.1) is 5.82 Å². The highest BCUT2D eigenvalue weighted by atomic mass is 35.5. The van der Waals surface area contributed by atoms with Gasteiger partial charge in [-0.2, -0.15) is 5.10 Å². The average Bonchev–Trinajstić information content (AvgIpc) is 2.90. The molecule has 1 aromatic heterocycles. The molecular formula is C15H20ClFN4. The van der Waals surface area contributed by atoms with Gasteiger partial charge < -0.3 is 5.73 Å². The lowest BCUT2D eigenvalue weighted by Gasteiger charge is -2.30. The summed E-state index contributed by atoms with van der Waals surface area (Å²) in [6.07, 6.45) is 3.88. The molecule has 0 aliphatic carbocycles. The first-order valence-corrected chi connectivity index (χ1v) is 6.99. The third-order valence-corrected chi connectivity index (χ3v) is 3.81. The lowest BCUT2D eigenvalue weighted by molar-refractivity contribution is 0.202. The van der Waals surface area contributed by atoms with Crippen LogP contribution in [0.25, 0.3) is 5.69 Å². The summed E-state index contributed by atoms with van der Waals surface area (Å²) < 4.78 is 14.9. The maximum Gasteiger partial charge on any atom is 0.123 e. The van der Waals surface area contributed by atoms with E-state index in [0.717, 1.165) is 43.9 Å². The first kappa shape index (κ1) is 15.9. The van der Waals surface area contributed by atoms with Crippen LogP contribution in [0.4, 0.5) is 4.39 Å². The molecule has 1 aliphatic rings. The fourth-order valence-corrected chi connectivity index (χ4v) is 2.61. The van der Waals surface area contributed by atoms with Crippen LogP contribution < -0.4 is 5.73 Å². The number of nitrogens with zero attached hydrogens (tertiary/aromatic N) is 3. The molecule has 4 nitrogen and oxygen atoms in total. The smallest absolute Gasteiger partial charge is 0.123 e. The standard InChI is InChI=1S/C15H19FN4.ClH/c16-12-1-3-14(4-2-12)20-15(5-8-18-20)11-19-9-6-13(17)7-10-19;/h1-5,8,13H,6-7,9-11,17H2;1H. The van der Waals surface area contributed by atoms with Crippen LogP contribution in [-0.2, 0) is 6.54 Å². The van der Waals surface area contributed by atoms with E-state index < -0.39 is 0 Å². The maximum absolute atomic E-state index is 13.0. The van der Waals surface area contributed by atoms with Crippen LogP contribution in [-0.4, -0.2) is 33.8 Å². The Kier molecular flexibility index (Phi) is 5.33. The van der Waals surface area contributed by atoms with Crippen molar-refractivity contribution in [3.63, 3.8) is 0 Å². The number of piperidine rings is 1. The molecule has 2 N–H and O–H groups in total. The molecule has 1 aliphatic heterocycles. The lowest BCUT2D eigenvalue weighted by Crippen LogP contribution is -2.39. The van der Waals surface area contributed by atoms with Gasteiger partial charge in [-0.25, -0.2) is 9.07 Å². The number of benzene rings is 1. The second kappa shape index (κ2) is 7.02. The summed E-state index contributed by atoms with van der Waals surface area (Å²) in [5, 5.41) is 4.34. The van der Waals surface area contributed by atoms with Gasteiger partial charge in [0.25, 0.3) is 0 Å². The van der Waals surface area contributed by atoms with Gasteiger partial charge in [0, 0.05) is 31.9 Å². The van der Waals surface area contributed by atoms with E-state index in [4.69, 9.17) is 5.73 Å². The topological polar surface area (TPSA) is 47.1 Å².